The number of hydrogen-bond donors (Lipinski definition) is 1. The molecule has 0 bridgehead atoms. The van der Waals surface area contributed by atoms with Crippen molar-refractivity contribution in [2.24, 2.45) is 5.10 Å². The summed E-state index contributed by atoms with van der Waals surface area (Å²) < 4.78 is 39.7. The smallest absolute Gasteiger partial charge is 0.306 e. The van der Waals surface area contributed by atoms with E-state index in [2.05, 4.69) is 10.4 Å². The fraction of sp³-hybridized carbons (Fsp3) is 0.200. The number of nitrogens with zero attached hydrogens (tertiary/aromatic N) is 2. The molecule has 1 unspecified atom stereocenters. The van der Waals surface area contributed by atoms with Crippen LogP contribution in [0.15, 0.2) is 82.8 Å². The van der Waals surface area contributed by atoms with E-state index in [1.165, 1.54) is 17.1 Å². The summed E-state index contributed by atoms with van der Waals surface area (Å²) in [5.41, 5.74) is 0.708. The van der Waals surface area contributed by atoms with Crippen LogP contribution >= 0.6 is 23.4 Å². The van der Waals surface area contributed by atoms with Crippen LogP contribution in [0.4, 0.5) is 23.7 Å². The van der Waals surface area contributed by atoms with Gasteiger partial charge in [0.2, 0.25) is 0 Å². The highest BCUT2D eigenvalue weighted by atomic mass is 35.5. The standard InChI is InChI=1S/C25H21ClF3N3OS/c1-24(17-7-4-3-5-8-17)15-32(23(33)30-18-9-6-10-19(14-18)34-2)31-22(24)16-11-12-20(21(26)13-16)25(27,28)29/h3-14H,15H2,1-2H3,(H,30,33). The molecule has 1 aliphatic rings. The third kappa shape index (κ3) is 4.79. The molecule has 0 spiro atoms. The predicted molar refractivity (Wildman–Crippen MR) is 131 cm³/mol. The van der Waals surface area contributed by atoms with Gasteiger partial charge in [-0.2, -0.15) is 18.3 Å². The SMILES string of the molecule is CSc1cccc(NC(=O)N2CC(C)(c3ccccc3)C(c3ccc(C(F)(F)F)c(Cl)c3)=N2)c1. The van der Waals surface area contributed by atoms with Crippen molar-refractivity contribution < 1.29 is 18.0 Å². The highest BCUT2D eigenvalue weighted by Gasteiger charge is 2.43. The number of anilines is 1. The number of hydrazone groups is 1. The van der Waals surface area contributed by atoms with Crippen LogP contribution in [0.1, 0.15) is 23.6 Å². The summed E-state index contributed by atoms with van der Waals surface area (Å²) in [6, 6.07) is 20.0. The molecule has 0 saturated heterocycles. The normalized spacial score (nSPS) is 18.1. The molecule has 3 aromatic rings. The Bertz CT molecular complexity index is 1250. The molecular formula is C25H21ClF3N3OS. The van der Waals surface area contributed by atoms with Crippen LogP contribution < -0.4 is 5.32 Å². The molecule has 2 amide bonds. The molecule has 1 N–H and O–H groups in total. The summed E-state index contributed by atoms with van der Waals surface area (Å²) in [6.45, 7) is 2.12. The third-order valence-electron chi connectivity index (χ3n) is 5.72. The van der Waals surface area contributed by atoms with Gasteiger partial charge in [0.1, 0.15) is 0 Å². The largest absolute Gasteiger partial charge is 0.417 e. The molecule has 176 valence electrons. The number of alkyl halides is 3. The first-order chi connectivity index (χ1) is 16.1. The van der Waals surface area contributed by atoms with Crippen LogP contribution in [0.5, 0.6) is 0 Å². The van der Waals surface area contributed by atoms with E-state index in [0.717, 1.165) is 16.5 Å². The minimum absolute atomic E-state index is 0.207. The first-order valence-corrected chi connectivity index (χ1v) is 12.0. The number of carbonyl (C=O) groups excluding carboxylic acids is 1. The van der Waals surface area contributed by atoms with Gasteiger partial charge in [-0.1, -0.05) is 54.1 Å². The number of benzene rings is 3. The molecule has 4 nitrogen and oxygen atoms in total. The summed E-state index contributed by atoms with van der Waals surface area (Å²) in [5, 5.41) is 8.29. The Morgan fingerprint density at radius 1 is 1.09 bits per heavy atom. The molecule has 4 rings (SSSR count). The van der Waals surface area contributed by atoms with Crippen molar-refractivity contribution in [2.45, 2.75) is 23.4 Å². The first-order valence-electron chi connectivity index (χ1n) is 10.4. The molecule has 1 heterocycles. The third-order valence-corrected chi connectivity index (χ3v) is 6.76. The summed E-state index contributed by atoms with van der Waals surface area (Å²) in [6.07, 6.45) is -2.62. The summed E-state index contributed by atoms with van der Waals surface area (Å²) in [7, 11) is 0. The van der Waals surface area contributed by atoms with Gasteiger partial charge in [-0.3, -0.25) is 0 Å². The van der Waals surface area contributed by atoms with E-state index < -0.39 is 28.2 Å². The van der Waals surface area contributed by atoms with Crippen molar-refractivity contribution in [1.29, 1.82) is 0 Å². The van der Waals surface area contributed by atoms with Gasteiger partial charge in [0, 0.05) is 16.1 Å². The van der Waals surface area contributed by atoms with E-state index in [0.29, 0.717) is 17.0 Å². The van der Waals surface area contributed by atoms with Gasteiger partial charge < -0.3 is 5.32 Å². The Morgan fingerprint density at radius 2 is 1.82 bits per heavy atom. The van der Waals surface area contributed by atoms with Gasteiger partial charge in [-0.25, -0.2) is 9.80 Å². The zero-order chi connectivity index (χ0) is 24.5. The summed E-state index contributed by atoms with van der Waals surface area (Å²) >= 11 is 7.55. The van der Waals surface area contributed by atoms with Crippen molar-refractivity contribution in [3.05, 3.63) is 94.5 Å². The van der Waals surface area contributed by atoms with Crippen LogP contribution in [0.25, 0.3) is 0 Å². The Labute approximate surface area is 204 Å². The number of nitrogens with one attached hydrogen (secondary N) is 1. The fourth-order valence-corrected chi connectivity index (χ4v) is 4.70. The van der Waals surface area contributed by atoms with Crippen molar-refractivity contribution in [2.75, 3.05) is 18.1 Å². The summed E-state index contributed by atoms with van der Waals surface area (Å²) in [5.74, 6) is 0. The van der Waals surface area contributed by atoms with E-state index >= 15 is 0 Å². The molecule has 0 saturated carbocycles. The van der Waals surface area contributed by atoms with Gasteiger partial charge in [0.15, 0.2) is 0 Å². The number of urea groups is 1. The van der Waals surface area contributed by atoms with E-state index in [-0.39, 0.29) is 6.54 Å². The maximum atomic E-state index is 13.2. The second kappa shape index (κ2) is 9.35. The second-order valence-electron chi connectivity index (χ2n) is 8.06. The minimum Gasteiger partial charge on any atom is -0.306 e. The van der Waals surface area contributed by atoms with E-state index in [4.69, 9.17) is 11.6 Å². The molecule has 0 aliphatic carbocycles. The molecule has 0 fully saturated rings. The van der Waals surface area contributed by atoms with Crippen molar-refractivity contribution >= 4 is 40.8 Å². The molecule has 3 aromatic carbocycles. The Hall–Kier alpha value is -2.97. The lowest BCUT2D eigenvalue weighted by atomic mass is 9.76. The van der Waals surface area contributed by atoms with Gasteiger partial charge >= 0.3 is 12.2 Å². The second-order valence-corrected chi connectivity index (χ2v) is 9.35. The minimum atomic E-state index is -4.56. The highest BCUT2D eigenvalue weighted by Crippen LogP contribution is 2.39. The van der Waals surface area contributed by atoms with E-state index in [9.17, 15) is 18.0 Å². The molecule has 1 atom stereocenters. The van der Waals surface area contributed by atoms with Crippen molar-refractivity contribution in [1.82, 2.24) is 5.01 Å². The lowest BCUT2D eigenvalue weighted by Crippen LogP contribution is -2.38. The lowest BCUT2D eigenvalue weighted by Gasteiger charge is -2.27. The van der Waals surface area contributed by atoms with Crippen LogP contribution in [-0.4, -0.2) is 29.6 Å². The molecule has 9 heteroatoms. The van der Waals surface area contributed by atoms with Crippen LogP contribution in [0.2, 0.25) is 5.02 Å². The van der Waals surface area contributed by atoms with Gasteiger partial charge in [0.05, 0.1) is 28.3 Å². The van der Waals surface area contributed by atoms with Crippen LogP contribution in [-0.2, 0) is 11.6 Å². The monoisotopic (exact) mass is 503 g/mol. The number of carbonyl (C=O) groups is 1. The maximum absolute atomic E-state index is 13.2. The molecular weight excluding hydrogens is 483 g/mol. The van der Waals surface area contributed by atoms with E-state index in [1.54, 1.807) is 17.8 Å². The predicted octanol–water partition coefficient (Wildman–Crippen LogP) is 7.29. The molecule has 1 aliphatic heterocycles. The Balaban J connectivity index is 1.72. The Kier molecular flexibility index (Phi) is 6.64. The number of hydrogen-bond acceptors (Lipinski definition) is 3. The fourth-order valence-electron chi connectivity index (χ4n) is 3.95. The van der Waals surface area contributed by atoms with Gasteiger partial charge in [-0.15, -0.1) is 11.8 Å². The Morgan fingerprint density at radius 3 is 2.47 bits per heavy atom. The first kappa shape index (κ1) is 24.2. The van der Waals surface area contributed by atoms with Gasteiger partial charge in [0.25, 0.3) is 0 Å². The zero-order valence-corrected chi connectivity index (χ0v) is 19.9. The topological polar surface area (TPSA) is 44.7 Å². The van der Waals surface area contributed by atoms with Crippen LogP contribution in [0.3, 0.4) is 0 Å². The quantitative estimate of drug-likeness (QED) is 0.380. The molecule has 0 aromatic heterocycles. The van der Waals surface area contributed by atoms with Crippen LogP contribution in [0, 0.1) is 0 Å². The van der Waals surface area contributed by atoms with E-state index in [1.807, 2.05) is 61.7 Å². The van der Waals surface area contributed by atoms with Gasteiger partial charge in [-0.05, 0) is 49.1 Å². The number of amides is 2. The number of halogens is 4. The average Bonchev–Trinajstić information content (AvgIpc) is 3.18. The average molecular weight is 504 g/mol. The highest BCUT2D eigenvalue weighted by molar-refractivity contribution is 7.98. The zero-order valence-electron chi connectivity index (χ0n) is 18.4. The number of rotatable bonds is 4. The molecule has 34 heavy (non-hydrogen) atoms. The van der Waals surface area contributed by atoms with Crippen molar-refractivity contribution in [3.63, 3.8) is 0 Å². The lowest BCUT2D eigenvalue weighted by molar-refractivity contribution is -0.137. The molecule has 0 radical (unpaired) electrons. The maximum Gasteiger partial charge on any atom is 0.417 e. The van der Waals surface area contributed by atoms with Crippen molar-refractivity contribution in [3.8, 4) is 0 Å². The summed E-state index contributed by atoms with van der Waals surface area (Å²) in [4.78, 5) is 14.1. The number of thioether (sulfide) groups is 1.